The molecule has 2 aromatic carbocycles. The average Bonchev–Trinajstić information content (AvgIpc) is 2.67. The summed E-state index contributed by atoms with van der Waals surface area (Å²) >= 11 is 0. The summed E-state index contributed by atoms with van der Waals surface area (Å²) in [6.45, 7) is 1.27. The molecule has 0 radical (unpaired) electrons. The van der Waals surface area contributed by atoms with Gasteiger partial charge in [-0.1, -0.05) is 18.6 Å². The summed E-state index contributed by atoms with van der Waals surface area (Å²) in [5.74, 6) is 1.10. The normalized spacial score (nSPS) is 15.4. The van der Waals surface area contributed by atoms with Crippen LogP contribution in [0.1, 0.15) is 35.2 Å². The molecule has 1 fully saturated rings. The molecule has 146 valence electrons. The van der Waals surface area contributed by atoms with Crippen molar-refractivity contribution in [3.8, 4) is 11.5 Å². The minimum Gasteiger partial charge on any atom is -0.486 e. The lowest BCUT2D eigenvalue weighted by molar-refractivity contribution is -0.122. The fraction of sp³-hybridized carbons (Fsp3) is 0.364. The van der Waals surface area contributed by atoms with Gasteiger partial charge in [0.2, 0.25) is 5.91 Å². The van der Waals surface area contributed by atoms with Gasteiger partial charge in [0.25, 0.3) is 0 Å². The highest BCUT2D eigenvalue weighted by Crippen LogP contribution is 2.31. The van der Waals surface area contributed by atoms with Crippen LogP contribution >= 0.6 is 0 Å². The Bertz CT molecular complexity index is 858. The van der Waals surface area contributed by atoms with Crippen LogP contribution < -0.4 is 14.8 Å². The summed E-state index contributed by atoms with van der Waals surface area (Å²) in [6, 6.07) is 12.7. The minimum atomic E-state index is -0.388. The third-order valence-electron chi connectivity index (χ3n) is 5.10. The van der Waals surface area contributed by atoms with E-state index in [1.807, 2.05) is 24.3 Å². The fourth-order valence-corrected chi connectivity index (χ4v) is 3.18. The van der Waals surface area contributed by atoms with Gasteiger partial charge in [-0.2, -0.15) is 0 Å². The van der Waals surface area contributed by atoms with E-state index in [1.54, 1.807) is 18.2 Å². The molecule has 0 spiro atoms. The van der Waals surface area contributed by atoms with E-state index < -0.39 is 0 Å². The van der Waals surface area contributed by atoms with Crippen LogP contribution in [0.2, 0.25) is 0 Å². The molecule has 6 nitrogen and oxygen atoms in total. The Balaban J connectivity index is 1.25. The Morgan fingerprint density at radius 3 is 2.46 bits per heavy atom. The smallest absolute Gasteiger partial charge is 0.338 e. The van der Waals surface area contributed by atoms with Gasteiger partial charge >= 0.3 is 5.97 Å². The number of ether oxygens (including phenoxy) is 3. The molecule has 1 N–H and O–H groups in total. The Hall–Kier alpha value is -3.02. The predicted molar refractivity (Wildman–Crippen MR) is 104 cm³/mol. The quantitative estimate of drug-likeness (QED) is 0.774. The Kier molecular flexibility index (Phi) is 5.46. The first-order valence-electron chi connectivity index (χ1n) is 9.65. The first-order valence-corrected chi connectivity index (χ1v) is 9.65. The summed E-state index contributed by atoms with van der Waals surface area (Å²) in [5, 5.41) is 2.95. The molecule has 1 aliphatic heterocycles. The van der Waals surface area contributed by atoms with Gasteiger partial charge in [-0.05, 0) is 48.7 Å². The number of esters is 1. The highest BCUT2D eigenvalue weighted by atomic mass is 16.6. The van der Waals surface area contributed by atoms with E-state index >= 15 is 0 Å². The van der Waals surface area contributed by atoms with Gasteiger partial charge in [-0.3, -0.25) is 4.79 Å². The molecule has 0 atom stereocenters. The van der Waals surface area contributed by atoms with Crippen LogP contribution in [-0.4, -0.2) is 31.7 Å². The van der Waals surface area contributed by atoms with Gasteiger partial charge in [-0.25, -0.2) is 4.79 Å². The summed E-state index contributed by atoms with van der Waals surface area (Å²) < 4.78 is 16.3. The highest BCUT2D eigenvalue weighted by molar-refractivity contribution is 5.93. The second-order valence-corrected chi connectivity index (χ2v) is 7.06. The van der Waals surface area contributed by atoms with E-state index in [0.29, 0.717) is 36.7 Å². The zero-order valence-corrected chi connectivity index (χ0v) is 15.6. The van der Waals surface area contributed by atoms with Crippen molar-refractivity contribution in [1.82, 2.24) is 0 Å². The van der Waals surface area contributed by atoms with Gasteiger partial charge in [-0.15, -0.1) is 0 Å². The lowest BCUT2D eigenvalue weighted by atomic mass is 9.85. The summed E-state index contributed by atoms with van der Waals surface area (Å²) in [7, 11) is 0. The van der Waals surface area contributed by atoms with Crippen molar-refractivity contribution in [3.63, 3.8) is 0 Å². The molecule has 1 saturated carbocycles. The maximum atomic E-state index is 12.2. The number of hydrogen-bond donors (Lipinski definition) is 1. The van der Waals surface area contributed by atoms with Crippen molar-refractivity contribution < 1.29 is 23.8 Å². The molecule has 28 heavy (non-hydrogen) atoms. The topological polar surface area (TPSA) is 73.9 Å². The molecule has 6 heteroatoms. The van der Waals surface area contributed by atoms with Gasteiger partial charge in [0.15, 0.2) is 11.5 Å². The molecule has 2 aromatic rings. The number of amides is 1. The van der Waals surface area contributed by atoms with Crippen molar-refractivity contribution in [1.29, 1.82) is 0 Å². The molecule has 1 amide bonds. The van der Waals surface area contributed by atoms with E-state index in [9.17, 15) is 9.59 Å². The number of hydrogen-bond acceptors (Lipinski definition) is 5. The molecular formula is C22H23NO5. The van der Waals surface area contributed by atoms with E-state index in [4.69, 9.17) is 14.2 Å². The molecule has 1 heterocycles. The van der Waals surface area contributed by atoms with Gasteiger partial charge < -0.3 is 19.5 Å². The molecule has 0 saturated heterocycles. The zero-order valence-electron chi connectivity index (χ0n) is 15.6. The number of anilines is 1. The van der Waals surface area contributed by atoms with E-state index in [-0.39, 0.29) is 24.4 Å². The summed E-state index contributed by atoms with van der Waals surface area (Å²) in [4.78, 5) is 24.2. The summed E-state index contributed by atoms with van der Waals surface area (Å²) in [5.41, 5.74) is 2.28. The second-order valence-electron chi connectivity index (χ2n) is 7.06. The Morgan fingerprint density at radius 1 is 1.00 bits per heavy atom. The van der Waals surface area contributed by atoms with Gasteiger partial charge in [0.1, 0.15) is 13.2 Å². The first-order chi connectivity index (χ1) is 13.7. The highest BCUT2D eigenvalue weighted by Gasteiger charge is 2.25. The van der Waals surface area contributed by atoms with Crippen LogP contribution in [0.5, 0.6) is 11.5 Å². The molecule has 0 unspecified atom stereocenters. The van der Waals surface area contributed by atoms with Crippen molar-refractivity contribution in [2.45, 2.75) is 25.7 Å². The molecular weight excluding hydrogens is 358 g/mol. The minimum absolute atomic E-state index is 0.104. The van der Waals surface area contributed by atoms with Crippen LogP contribution in [0, 0.1) is 5.92 Å². The van der Waals surface area contributed by atoms with Crippen LogP contribution in [0.15, 0.2) is 42.5 Å². The number of benzene rings is 2. The fourth-order valence-electron chi connectivity index (χ4n) is 3.18. The summed E-state index contributed by atoms with van der Waals surface area (Å²) in [6.07, 6.45) is 3.71. The number of nitrogens with one attached hydrogen (secondary N) is 1. The van der Waals surface area contributed by atoms with Crippen LogP contribution in [0.4, 0.5) is 5.69 Å². The molecule has 4 rings (SSSR count). The van der Waals surface area contributed by atoms with Gasteiger partial charge in [0.05, 0.1) is 12.2 Å². The third-order valence-corrected chi connectivity index (χ3v) is 5.10. The van der Waals surface area contributed by atoms with Gasteiger partial charge in [0, 0.05) is 18.0 Å². The largest absolute Gasteiger partial charge is 0.486 e. The second kappa shape index (κ2) is 8.33. The number of carbonyl (C=O) groups is 2. The maximum absolute atomic E-state index is 12.2. The first kappa shape index (κ1) is 18.3. The lowest BCUT2D eigenvalue weighted by Crippen LogP contribution is -2.27. The van der Waals surface area contributed by atoms with Crippen LogP contribution in [0.3, 0.4) is 0 Å². The van der Waals surface area contributed by atoms with E-state index in [0.717, 1.165) is 30.5 Å². The third kappa shape index (κ3) is 4.27. The monoisotopic (exact) mass is 381 g/mol. The number of carbonyl (C=O) groups excluding carboxylic acids is 2. The van der Waals surface area contributed by atoms with E-state index in [1.165, 1.54) is 0 Å². The van der Waals surface area contributed by atoms with Crippen LogP contribution in [0.25, 0.3) is 0 Å². The maximum Gasteiger partial charge on any atom is 0.338 e. The molecule has 0 bridgehead atoms. The molecule has 2 aliphatic rings. The average molecular weight is 381 g/mol. The zero-order chi connectivity index (χ0) is 19.3. The van der Waals surface area contributed by atoms with Crippen molar-refractivity contribution in [3.05, 3.63) is 53.6 Å². The molecule has 0 aromatic heterocycles. The Labute approximate surface area is 163 Å². The lowest BCUT2D eigenvalue weighted by Gasteiger charge is -2.24. The SMILES string of the molecule is O=C(OCCc1ccc(NC(=O)C2CCC2)cc1)c1ccc2c(c1)OCCO2. The van der Waals surface area contributed by atoms with Crippen molar-refractivity contribution >= 4 is 17.6 Å². The molecule has 1 aliphatic carbocycles. The van der Waals surface area contributed by atoms with E-state index in [2.05, 4.69) is 5.32 Å². The standard InChI is InChI=1S/C22H23NO5/c24-21(16-2-1-3-16)23-18-7-4-15(5-8-18)10-11-28-22(25)17-6-9-19-20(14-17)27-13-12-26-19/h4-9,14,16H,1-3,10-13H2,(H,23,24). The number of rotatable bonds is 6. The predicted octanol–water partition coefficient (Wildman–Crippen LogP) is 3.60. The van der Waals surface area contributed by atoms with Crippen molar-refractivity contribution in [2.75, 3.05) is 25.1 Å². The Morgan fingerprint density at radius 2 is 1.75 bits per heavy atom. The van der Waals surface area contributed by atoms with Crippen LogP contribution in [-0.2, 0) is 16.0 Å². The van der Waals surface area contributed by atoms with Crippen molar-refractivity contribution in [2.24, 2.45) is 5.92 Å². The number of fused-ring (bicyclic) bond motifs is 1.